The molecule has 0 fully saturated rings. The Bertz CT molecular complexity index is 648. The minimum Gasteiger partial charge on any atom is -0.461 e. The monoisotopic (exact) mass is 320 g/mol. The number of ether oxygens (including phenoxy) is 1. The molecule has 0 radical (unpaired) electrons. The summed E-state index contributed by atoms with van der Waals surface area (Å²) in [5.41, 5.74) is -0.0404. The standard InChI is InChI=1S/C18H15F3O2/c1-13(22)23-12-16(18(19,20)21)17(14-8-4-2-5-9-14)15-10-6-3-7-11-15/h2-11H,12H2,1H3. The highest BCUT2D eigenvalue weighted by molar-refractivity contribution is 5.83. The van der Waals surface area contributed by atoms with Crippen LogP contribution in [-0.2, 0) is 9.53 Å². The van der Waals surface area contributed by atoms with Crippen LogP contribution in [0.5, 0.6) is 0 Å². The van der Waals surface area contributed by atoms with E-state index in [1.807, 2.05) is 0 Å². The molecule has 0 aliphatic rings. The van der Waals surface area contributed by atoms with E-state index in [1.54, 1.807) is 60.7 Å². The Morgan fingerprint density at radius 2 is 1.35 bits per heavy atom. The SMILES string of the molecule is CC(=O)OCC(=C(c1ccccc1)c1ccccc1)C(F)(F)F. The fourth-order valence-corrected chi connectivity index (χ4v) is 2.19. The Morgan fingerprint density at radius 3 is 1.70 bits per heavy atom. The molecule has 0 aliphatic carbocycles. The van der Waals surface area contributed by atoms with E-state index < -0.39 is 24.3 Å². The van der Waals surface area contributed by atoms with Gasteiger partial charge in [0.1, 0.15) is 6.61 Å². The molecule has 2 aromatic rings. The number of rotatable bonds is 4. The van der Waals surface area contributed by atoms with Crippen LogP contribution in [0.4, 0.5) is 13.2 Å². The lowest BCUT2D eigenvalue weighted by atomic mass is 9.93. The minimum atomic E-state index is -4.61. The van der Waals surface area contributed by atoms with Crippen LogP contribution in [0.15, 0.2) is 66.2 Å². The van der Waals surface area contributed by atoms with Crippen LogP contribution < -0.4 is 0 Å². The van der Waals surface area contributed by atoms with Gasteiger partial charge in [0, 0.05) is 12.5 Å². The van der Waals surface area contributed by atoms with Gasteiger partial charge in [-0.2, -0.15) is 13.2 Å². The third-order valence-corrected chi connectivity index (χ3v) is 3.19. The number of hydrogen-bond donors (Lipinski definition) is 0. The molecule has 5 heteroatoms. The van der Waals surface area contributed by atoms with E-state index in [0.29, 0.717) is 11.1 Å². The van der Waals surface area contributed by atoms with E-state index in [9.17, 15) is 18.0 Å². The van der Waals surface area contributed by atoms with Gasteiger partial charge in [-0.15, -0.1) is 0 Å². The third-order valence-electron chi connectivity index (χ3n) is 3.19. The molecule has 0 unspecified atom stereocenters. The molecule has 2 nitrogen and oxygen atoms in total. The molecule has 0 spiro atoms. The van der Waals surface area contributed by atoms with Crippen LogP contribution in [0.1, 0.15) is 18.1 Å². The zero-order valence-electron chi connectivity index (χ0n) is 12.4. The van der Waals surface area contributed by atoms with Gasteiger partial charge in [0.25, 0.3) is 0 Å². The van der Waals surface area contributed by atoms with Crippen LogP contribution in [0, 0.1) is 0 Å². The molecule has 2 aromatic carbocycles. The van der Waals surface area contributed by atoms with Crippen molar-refractivity contribution in [1.82, 2.24) is 0 Å². The molecule has 0 bridgehead atoms. The summed E-state index contributed by atoms with van der Waals surface area (Å²) in [5, 5.41) is 0. The average molecular weight is 320 g/mol. The molecule has 120 valence electrons. The highest BCUT2D eigenvalue weighted by Crippen LogP contribution is 2.36. The summed E-state index contributed by atoms with van der Waals surface area (Å²) in [6.45, 7) is 0.261. The Morgan fingerprint density at radius 1 is 0.913 bits per heavy atom. The fraction of sp³-hybridized carbons (Fsp3) is 0.167. The molecule has 0 amide bonds. The quantitative estimate of drug-likeness (QED) is 0.769. The number of hydrogen-bond acceptors (Lipinski definition) is 2. The smallest absolute Gasteiger partial charge is 0.416 e. The number of carbonyl (C=O) groups excluding carboxylic acids is 1. The fourth-order valence-electron chi connectivity index (χ4n) is 2.19. The zero-order chi connectivity index (χ0) is 16.9. The maximum Gasteiger partial charge on any atom is 0.416 e. The Balaban J connectivity index is 2.67. The molecule has 0 saturated heterocycles. The van der Waals surface area contributed by atoms with Gasteiger partial charge in [0.2, 0.25) is 0 Å². The highest BCUT2D eigenvalue weighted by Gasteiger charge is 2.37. The van der Waals surface area contributed by atoms with Crippen LogP contribution in [0.3, 0.4) is 0 Å². The van der Waals surface area contributed by atoms with Crippen molar-refractivity contribution in [2.75, 3.05) is 6.61 Å². The maximum atomic E-state index is 13.5. The number of esters is 1. The average Bonchev–Trinajstić information content (AvgIpc) is 2.51. The molecular formula is C18H15F3O2. The first-order valence-electron chi connectivity index (χ1n) is 6.94. The first-order chi connectivity index (χ1) is 10.9. The summed E-state index contributed by atoms with van der Waals surface area (Å²) in [4.78, 5) is 11.0. The van der Waals surface area contributed by atoms with Gasteiger partial charge in [0.15, 0.2) is 0 Å². The zero-order valence-corrected chi connectivity index (χ0v) is 12.4. The molecular weight excluding hydrogens is 305 g/mol. The molecule has 0 saturated carbocycles. The van der Waals surface area contributed by atoms with Crippen molar-refractivity contribution in [1.29, 1.82) is 0 Å². The second-order valence-electron chi connectivity index (χ2n) is 4.86. The summed E-state index contributed by atoms with van der Waals surface area (Å²) in [6.07, 6.45) is -4.61. The van der Waals surface area contributed by atoms with Crippen LogP contribution in [0.2, 0.25) is 0 Å². The molecule has 0 aromatic heterocycles. The van der Waals surface area contributed by atoms with E-state index in [1.165, 1.54) is 0 Å². The topological polar surface area (TPSA) is 26.3 Å². The summed E-state index contributed by atoms with van der Waals surface area (Å²) in [5.74, 6) is -0.757. The normalized spacial score (nSPS) is 11.0. The Kier molecular flexibility index (Phi) is 5.21. The van der Waals surface area contributed by atoms with Crippen LogP contribution in [-0.4, -0.2) is 18.8 Å². The van der Waals surface area contributed by atoms with Crippen molar-refractivity contribution in [2.24, 2.45) is 0 Å². The number of halogens is 3. The van der Waals surface area contributed by atoms with Gasteiger partial charge in [-0.25, -0.2) is 0 Å². The van der Waals surface area contributed by atoms with Crippen molar-refractivity contribution in [3.05, 3.63) is 77.4 Å². The van der Waals surface area contributed by atoms with E-state index >= 15 is 0 Å². The predicted molar refractivity (Wildman–Crippen MR) is 81.6 cm³/mol. The van der Waals surface area contributed by atoms with Crippen molar-refractivity contribution in [3.63, 3.8) is 0 Å². The highest BCUT2D eigenvalue weighted by atomic mass is 19.4. The van der Waals surface area contributed by atoms with E-state index in [2.05, 4.69) is 4.74 Å². The largest absolute Gasteiger partial charge is 0.461 e. The van der Waals surface area contributed by atoms with E-state index in [4.69, 9.17) is 0 Å². The second-order valence-corrected chi connectivity index (χ2v) is 4.86. The molecule has 0 heterocycles. The van der Waals surface area contributed by atoms with Gasteiger partial charge < -0.3 is 4.74 Å². The van der Waals surface area contributed by atoms with Crippen molar-refractivity contribution in [3.8, 4) is 0 Å². The first-order valence-corrected chi connectivity index (χ1v) is 6.94. The second kappa shape index (κ2) is 7.13. The Labute approximate surface area is 132 Å². The number of alkyl halides is 3. The molecule has 0 N–H and O–H groups in total. The van der Waals surface area contributed by atoms with Gasteiger partial charge in [-0.05, 0) is 11.1 Å². The lowest BCUT2D eigenvalue weighted by Gasteiger charge is -2.18. The lowest BCUT2D eigenvalue weighted by Crippen LogP contribution is -2.20. The van der Waals surface area contributed by atoms with Gasteiger partial charge in [0.05, 0.1) is 5.57 Å². The minimum absolute atomic E-state index is 0.0138. The summed E-state index contributed by atoms with van der Waals surface area (Å²) >= 11 is 0. The van der Waals surface area contributed by atoms with E-state index in [-0.39, 0.29) is 5.57 Å². The van der Waals surface area contributed by atoms with Crippen molar-refractivity contribution in [2.45, 2.75) is 13.1 Å². The van der Waals surface area contributed by atoms with Gasteiger partial charge >= 0.3 is 12.1 Å². The summed E-state index contributed by atoms with van der Waals surface area (Å²) in [6, 6.07) is 16.5. The number of benzene rings is 2. The van der Waals surface area contributed by atoms with Crippen LogP contribution >= 0.6 is 0 Å². The molecule has 0 atom stereocenters. The molecule has 0 aliphatic heterocycles. The van der Waals surface area contributed by atoms with Crippen molar-refractivity contribution >= 4 is 11.5 Å². The first kappa shape index (κ1) is 16.8. The summed E-state index contributed by atoms with van der Waals surface area (Å²) < 4.78 is 45.3. The van der Waals surface area contributed by atoms with Gasteiger partial charge in [-0.3, -0.25) is 4.79 Å². The van der Waals surface area contributed by atoms with Gasteiger partial charge in [-0.1, -0.05) is 60.7 Å². The summed E-state index contributed by atoms with van der Waals surface area (Å²) in [7, 11) is 0. The molecule has 23 heavy (non-hydrogen) atoms. The lowest BCUT2D eigenvalue weighted by molar-refractivity contribution is -0.143. The molecule has 2 rings (SSSR count). The van der Waals surface area contributed by atoms with Crippen LogP contribution in [0.25, 0.3) is 5.57 Å². The number of carbonyl (C=O) groups is 1. The third kappa shape index (κ3) is 4.45. The Hall–Kier alpha value is -2.56. The maximum absolute atomic E-state index is 13.5. The van der Waals surface area contributed by atoms with Crippen molar-refractivity contribution < 1.29 is 22.7 Å². The predicted octanol–water partition coefficient (Wildman–Crippen LogP) is 4.61. The van der Waals surface area contributed by atoms with E-state index in [0.717, 1.165) is 6.92 Å².